The first-order valence-electron chi connectivity index (χ1n) is 7.38. The van der Waals surface area contributed by atoms with E-state index in [1.807, 2.05) is 0 Å². The molecule has 2 aliphatic carbocycles. The highest BCUT2D eigenvalue weighted by atomic mass is 14.9. The Labute approximate surface area is 101 Å². The molecule has 1 nitrogen and oxygen atoms in total. The van der Waals surface area contributed by atoms with Gasteiger partial charge in [-0.2, -0.15) is 0 Å². The summed E-state index contributed by atoms with van der Waals surface area (Å²) in [7, 11) is 0. The van der Waals surface area contributed by atoms with Crippen molar-refractivity contribution in [2.45, 2.75) is 65.3 Å². The van der Waals surface area contributed by atoms with Crippen LogP contribution in [0.25, 0.3) is 0 Å². The summed E-state index contributed by atoms with van der Waals surface area (Å²) in [6.45, 7) is 8.09. The first-order valence-corrected chi connectivity index (χ1v) is 7.38. The van der Waals surface area contributed by atoms with Gasteiger partial charge in [-0.25, -0.2) is 0 Å². The molecule has 0 heterocycles. The van der Waals surface area contributed by atoms with Crippen molar-refractivity contribution in [3.8, 4) is 0 Å². The minimum atomic E-state index is 0.643. The molecule has 2 bridgehead atoms. The second-order valence-electron chi connectivity index (χ2n) is 6.68. The monoisotopic (exact) mass is 223 g/mol. The van der Waals surface area contributed by atoms with Gasteiger partial charge in [0.15, 0.2) is 0 Å². The lowest BCUT2D eigenvalue weighted by atomic mass is 9.84. The highest BCUT2D eigenvalue weighted by molar-refractivity contribution is 4.89. The summed E-state index contributed by atoms with van der Waals surface area (Å²) in [5, 5.41) is 3.55. The second-order valence-corrected chi connectivity index (χ2v) is 6.68. The van der Waals surface area contributed by atoms with Crippen LogP contribution in [-0.4, -0.2) is 12.6 Å². The molecular weight excluding hydrogens is 194 g/mol. The van der Waals surface area contributed by atoms with Crippen molar-refractivity contribution in [2.75, 3.05) is 6.54 Å². The molecule has 0 spiro atoms. The summed E-state index contributed by atoms with van der Waals surface area (Å²) in [5.74, 6) is 4.20. The highest BCUT2D eigenvalue weighted by Gasteiger charge is 2.38. The Morgan fingerprint density at radius 3 is 2.50 bits per heavy atom. The van der Waals surface area contributed by atoms with Crippen molar-refractivity contribution in [3.63, 3.8) is 0 Å². The Hall–Kier alpha value is -0.0400. The maximum Gasteiger partial charge on any atom is 0.00104 e. The zero-order valence-electron chi connectivity index (χ0n) is 11.3. The zero-order valence-corrected chi connectivity index (χ0v) is 11.3. The fourth-order valence-corrected chi connectivity index (χ4v) is 3.77. The van der Waals surface area contributed by atoms with E-state index < -0.39 is 0 Å². The average Bonchev–Trinajstić information content (AvgIpc) is 2.84. The van der Waals surface area contributed by atoms with Crippen molar-refractivity contribution in [1.82, 2.24) is 5.32 Å². The molecule has 2 saturated carbocycles. The van der Waals surface area contributed by atoms with Gasteiger partial charge >= 0.3 is 0 Å². The number of hydrogen-bond acceptors (Lipinski definition) is 1. The van der Waals surface area contributed by atoms with E-state index in [2.05, 4.69) is 26.1 Å². The van der Waals surface area contributed by atoms with Crippen molar-refractivity contribution in [2.24, 2.45) is 23.7 Å². The van der Waals surface area contributed by atoms with Crippen molar-refractivity contribution >= 4 is 0 Å². The quantitative estimate of drug-likeness (QED) is 0.721. The molecule has 0 aliphatic heterocycles. The van der Waals surface area contributed by atoms with Crippen LogP contribution in [0.5, 0.6) is 0 Å². The lowest BCUT2D eigenvalue weighted by molar-refractivity contribution is 0.287. The Balaban J connectivity index is 1.60. The zero-order chi connectivity index (χ0) is 11.5. The Morgan fingerprint density at radius 2 is 1.94 bits per heavy atom. The average molecular weight is 223 g/mol. The van der Waals surface area contributed by atoms with E-state index in [-0.39, 0.29) is 0 Å². The van der Waals surface area contributed by atoms with Crippen LogP contribution in [0.15, 0.2) is 0 Å². The SMILES string of the molecule is CC(CCC1CC2CCC1C2)CNC(C)C. The first-order chi connectivity index (χ1) is 7.65. The van der Waals surface area contributed by atoms with Gasteiger partial charge in [-0.15, -0.1) is 0 Å². The predicted octanol–water partition coefficient (Wildman–Crippen LogP) is 3.84. The minimum absolute atomic E-state index is 0.643. The van der Waals surface area contributed by atoms with E-state index in [9.17, 15) is 0 Å². The molecule has 1 N–H and O–H groups in total. The lowest BCUT2D eigenvalue weighted by Gasteiger charge is -2.23. The van der Waals surface area contributed by atoms with E-state index in [1.165, 1.54) is 19.4 Å². The summed E-state index contributed by atoms with van der Waals surface area (Å²) in [5.41, 5.74) is 0. The normalized spacial score (nSPS) is 34.9. The standard InChI is InChI=1S/C15H29N/c1-11(2)16-10-12(3)4-6-14-8-13-5-7-15(14)9-13/h11-16H,4-10H2,1-3H3. The third kappa shape index (κ3) is 3.23. The van der Waals surface area contributed by atoms with E-state index in [0.29, 0.717) is 6.04 Å². The van der Waals surface area contributed by atoms with E-state index in [0.717, 1.165) is 23.7 Å². The highest BCUT2D eigenvalue weighted by Crippen LogP contribution is 2.50. The van der Waals surface area contributed by atoms with Crippen LogP contribution >= 0.6 is 0 Å². The topological polar surface area (TPSA) is 12.0 Å². The van der Waals surface area contributed by atoms with Gasteiger partial charge in [-0.05, 0) is 62.3 Å². The van der Waals surface area contributed by atoms with Gasteiger partial charge in [-0.1, -0.05) is 27.2 Å². The number of fused-ring (bicyclic) bond motifs is 2. The van der Waals surface area contributed by atoms with Gasteiger partial charge < -0.3 is 5.32 Å². The Morgan fingerprint density at radius 1 is 1.12 bits per heavy atom. The summed E-state index contributed by atoms with van der Waals surface area (Å²) in [6, 6.07) is 0.643. The molecule has 2 rings (SSSR count). The molecule has 16 heavy (non-hydrogen) atoms. The molecule has 4 unspecified atom stereocenters. The molecular formula is C15H29N. The molecule has 1 heteroatoms. The predicted molar refractivity (Wildman–Crippen MR) is 70.5 cm³/mol. The van der Waals surface area contributed by atoms with Crippen molar-refractivity contribution < 1.29 is 0 Å². The molecule has 2 aliphatic rings. The lowest BCUT2D eigenvalue weighted by Crippen LogP contribution is -2.28. The third-order valence-electron chi connectivity index (χ3n) is 4.79. The molecule has 0 aromatic heterocycles. The van der Waals surface area contributed by atoms with Crippen LogP contribution in [-0.2, 0) is 0 Å². The van der Waals surface area contributed by atoms with Gasteiger partial charge in [0.25, 0.3) is 0 Å². The van der Waals surface area contributed by atoms with E-state index in [4.69, 9.17) is 0 Å². The molecule has 2 fully saturated rings. The van der Waals surface area contributed by atoms with Crippen LogP contribution in [0.1, 0.15) is 59.3 Å². The number of hydrogen-bond donors (Lipinski definition) is 1. The van der Waals surface area contributed by atoms with Gasteiger partial charge in [-0.3, -0.25) is 0 Å². The Kier molecular flexibility index (Phi) is 4.29. The number of rotatable bonds is 6. The summed E-state index contributed by atoms with van der Waals surface area (Å²) < 4.78 is 0. The number of nitrogens with one attached hydrogen (secondary N) is 1. The van der Waals surface area contributed by atoms with Crippen molar-refractivity contribution in [1.29, 1.82) is 0 Å². The second kappa shape index (κ2) is 5.53. The Bertz CT molecular complexity index is 211. The fraction of sp³-hybridized carbons (Fsp3) is 1.00. The molecule has 0 radical (unpaired) electrons. The van der Waals surface area contributed by atoms with E-state index >= 15 is 0 Å². The molecule has 94 valence electrons. The maximum absolute atomic E-state index is 3.55. The molecule has 0 aromatic rings. The fourth-order valence-electron chi connectivity index (χ4n) is 3.77. The van der Waals surface area contributed by atoms with Crippen LogP contribution < -0.4 is 5.32 Å². The van der Waals surface area contributed by atoms with Gasteiger partial charge in [0.2, 0.25) is 0 Å². The summed E-state index contributed by atoms with van der Waals surface area (Å²) in [4.78, 5) is 0. The van der Waals surface area contributed by atoms with E-state index in [1.54, 1.807) is 25.7 Å². The molecule has 0 saturated heterocycles. The largest absolute Gasteiger partial charge is 0.314 e. The van der Waals surface area contributed by atoms with Crippen LogP contribution in [0, 0.1) is 23.7 Å². The van der Waals surface area contributed by atoms with Gasteiger partial charge in [0, 0.05) is 6.04 Å². The summed E-state index contributed by atoms with van der Waals surface area (Å²) in [6.07, 6.45) is 9.17. The smallest absolute Gasteiger partial charge is 0.00104 e. The summed E-state index contributed by atoms with van der Waals surface area (Å²) >= 11 is 0. The van der Waals surface area contributed by atoms with Crippen molar-refractivity contribution in [3.05, 3.63) is 0 Å². The van der Waals surface area contributed by atoms with Crippen LogP contribution in [0.3, 0.4) is 0 Å². The maximum atomic E-state index is 3.55. The van der Waals surface area contributed by atoms with Crippen LogP contribution in [0.4, 0.5) is 0 Å². The third-order valence-corrected chi connectivity index (χ3v) is 4.79. The molecule has 4 atom stereocenters. The van der Waals surface area contributed by atoms with Gasteiger partial charge in [0.1, 0.15) is 0 Å². The minimum Gasteiger partial charge on any atom is -0.314 e. The first kappa shape index (κ1) is 12.4. The van der Waals surface area contributed by atoms with Crippen LogP contribution in [0.2, 0.25) is 0 Å². The molecule has 0 amide bonds. The van der Waals surface area contributed by atoms with Gasteiger partial charge in [0.05, 0.1) is 0 Å². The molecule has 0 aromatic carbocycles.